The van der Waals surface area contributed by atoms with Gasteiger partial charge in [-0.05, 0) is 63.2 Å². The molecule has 0 aromatic heterocycles. The van der Waals surface area contributed by atoms with Crippen molar-refractivity contribution in [2.45, 2.75) is 78.1 Å². The third kappa shape index (κ3) is 5.31. The Labute approximate surface area is 127 Å². The summed E-state index contributed by atoms with van der Waals surface area (Å²) < 4.78 is 0. The van der Waals surface area contributed by atoms with Crippen LogP contribution in [0, 0.1) is 11.8 Å². The van der Waals surface area contributed by atoms with Crippen LogP contribution < -0.4 is 0 Å². The average molecular weight is 274 g/mol. The molecule has 0 heterocycles. The van der Waals surface area contributed by atoms with Gasteiger partial charge in [-0.1, -0.05) is 50.0 Å². The van der Waals surface area contributed by atoms with Gasteiger partial charge in [0.05, 0.1) is 0 Å². The van der Waals surface area contributed by atoms with Crippen molar-refractivity contribution in [1.82, 2.24) is 0 Å². The molecule has 0 aromatic rings. The monoisotopic (exact) mass is 274 g/mol. The molecule has 2 unspecified atom stereocenters. The highest BCUT2D eigenvalue weighted by Crippen LogP contribution is 2.41. The third-order valence-corrected chi connectivity index (χ3v) is 4.80. The van der Waals surface area contributed by atoms with Gasteiger partial charge in [0.2, 0.25) is 0 Å². The quantitative estimate of drug-likeness (QED) is 0.382. The molecule has 0 saturated heterocycles. The van der Waals surface area contributed by atoms with Crippen LogP contribution in [0.4, 0.5) is 0 Å². The van der Waals surface area contributed by atoms with Gasteiger partial charge in [0.1, 0.15) is 0 Å². The van der Waals surface area contributed by atoms with Crippen LogP contribution in [-0.4, -0.2) is 0 Å². The van der Waals surface area contributed by atoms with E-state index < -0.39 is 0 Å². The summed E-state index contributed by atoms with van der Waals surface area (Å²) in [5.74, 6) is 1.51. The zero-order chi connectivity index (χ0) is 14.8. The number of rotatable bonds is 10. The van der Waals surface area contributed by atoms with Crippen LogP contribution in [0.5, 0.6) is 0 Å². The Kier molecular flexibility index (Phi) is 8.65. The molecule has 2 atom stereocenters. The second-order valence-electron chi connectivity index (χ2n) is 6.35. The molecule has 0 fully saturated rings. The Balaban J connectivity index is 2.78. The molecule has 0 aromatic carbocycles. The molecule has 0 radical (unpaired) electrons. The fraction of sp³-hybridized carbons (Fsp3) is 0.700. The highest BCUT2D eigenvalue weighted by Gasteiger charge is 2.26. The Morgan fingerprint density at radius 1 is 1.00 bits per heavy atom. The first-order chi connectivity index (χ1) is 9.76. The first kappa shape index (κ1) is 17.3. The van der Waals surface area contributed by atoms with E-state index >= 15 is 0 Å². The molecule has 0 heteroatoms. The molecular formula is C20H34. The normalized spacial score (nSPS) is 22.9. The van der Waals surface area contributed by atoms with E-state index in [-0.39, 0.29) is 0 Å². The summed E-state index contributed by atoms with van der Waals surface area (Å²) in [6.45, 7) is 12.6. The molecule has 0 bridgehead atoms. The predicted octanol–water partition coefficient (Wildman–Crippen LogP) is 6.84. The number of hydrogen-bond acceptors (Lipinski definition) is 0. The van der Waals surface area contributed by atoms with Gasteiger partial charge in [-0.3, -0.25) is 0 Å². The number of unbranched alkanes of at least 4 members (excludes halogenated alkanes) is 2. The lowest BCUT2D eigenvalue weighted by molar-refractivity contribution is 0.335. The maximum absolute atomic E-state index is 4.10. The highest BCUT2D eigenvalue weighted by molar-refractivity contribution is 5.21. The van der Waals surface area contributed by atoms with Crippen molar-refractivity contribution < 1.29 is 0 Å². The summed E-state index contributed by atoms with van der Waals surface area (Å²) in [5.41, 5.74) is 3.58. The zero-order valence-electron chi connectivity index (χ0n) is 13.8. The van der Waals surface area contributed by atoms with E-state index in [4.69, 9.17) is 0 Å². The summed E-state index contributed by atoms with van der Waals surface area (Å²) in [5, 5.41) is 0. The largest absolute Gasteiger partial charge is 0.103 e. The van der Waals surface area contributed by atoms with Crippen LogP contribution in [-0.2, 0) is 0 Å². The topological polar surface area (TPSA) is 0 Å². The van der Waals surface area contributed by atoms with Crippen LogP contribution in [0.2, 0.25) is 0 Å². The Morgan fingerprint density at radius 3 is 2.10 bits per heavy atom. The van der Waals surface area contributed by atoms with E-state index in [9.17, 15) is 0 Å². The van der Waals surface area contributed by atoms with Crippen molar-refractivity contribution in [1.29, 1.82) is 0 Å². The lowest BCUT2D eigenvalue weighted by Crippen LogP contribution is -2.20. The van der Waals surface area contributed by atoms with Crippen LogP contribution in [0.25, 0.3) is 0 Å². The molecule has 1 rings (SSSR count). The molecule has 0 spiro atoms. The highest BCUT2D eigenvalue weighted by atomic mass is 14.3. The van der Waals surface area contributed by atoms with Crippen LogP contribution in [0.15, 0.2) is 36.5 Å². The molecule has 114 valence electrons. The van der Waals surface area contributed by atoms with E-state index in [1.165, 1.54) is 57.8 Å². The standard InChI is InChI=1S/C20H34/c1-5-9-12-18-16-20(14-11-7-3)19(13-10-6-2)15-17(18)8-4/h5,8,17-18H,1,4,6-7,9-16H2,2-3H3. The van der Waals surface area contributed by atoms with E-state index in [2.05, 4.69) is 39.2 Å². The van der Waals surface area contributed by atoms with Gasteiger partial charge in [-0.2, -0.15) is 0 Å². The minimum atomic E-state index is 0.701. The number of allylic oxidation sites excluding steroid dienone is 4. The lowest BCUT2D eigenvalue weighted by Gasteiger charge is -2.33. The van der Waals surface area contributed by atoms with E-state index in [1.54, 1.807) is 11.1 Å². The summed E-state index contributed by atoms with van der Waals surface area (Å²) in [6, 6.07) is 0. The minimum absolute atomic E-state index is 0.701. The fourth-order valence-electron chi connectivity index (χ4n) is 3.47. The predicted molar refractivity (Wildman–Crippen MR) is 91.9 cm³/mol. The smallest absolute Gasteiger partial charge is 0.0167 e. The first-order valence-corrected chi connectivity index (χ1v) is 8.69. The summed E-state index contributed by atoms with van der Waals surface area (Å²) in [4.78, 5) is 0. The molecule has 1 aliphatic rings. The van der Waals surface area contributed by atoms with Crippen molar-refractivity contribution in [2.75, 3.05) is 0 Å². The van der Waals surface area contributed by atoms with E-state index in [0.29, 0.717) is 5.92 Å². The van der Waals surface area contributed by atoms with Gasteiger partial charge >= 0.3 is 0 Å². The summed E-state index contributed by atoms with van der Waals surface area (Å²) >= 11 is 0. The van der Waals surface area contributed by atoms with E-state index in [1.807, 2.05) is 0 Å². The minimum Gasteiger partial charge on any atom is -0.103 e. The molecule has 0 aliphatic heterocycles. The Morgan fingerprint density at radius 2 is 1.60 bits per heavy atom. The fourth-order valence-corrected chi connectivity index (χ4v) is 3.47. The number of hydrogen-bond donors (Lipinski definition) is 0. The van der Waals surface area contributed by atoms with Crippen LogP contribution >= 0.6 is 0 Å². The molecular weight excluding hydrogens is 240 g/mol. The van der Waals surface area contributed by atoms with Gasteiger partial charge < -0.3 is 0 Å². The van der Waals surface area contributed by atoms with Gasteiger partial charge in [-0.25, -0.2) is 0 Å². The SMILES string of the molecule is C=CCCC1CC(CCCC)=C(CCCC)CC1C=C. The maximum atomic E-state index is 4.10. The molecule has 0 saturated carbocycles. The molecule has 1 aliphatic carbocycles. The van der Waals surface area contributed by atoms with Crippen molar-refractivity contribution in [3.63, 3.8) is 0 Å². The maximum Gasteiger partial charge on any atom is -0.0167 e. The third-order valence-electron chi connectivity index (χ3n) is 4.80. The average Bonchev–Trinajstić information content (AvgIpc) is 2.48. The van der Waals surface area contributed by atoms with E-state index in [0.717, 1.165) is 12.3 Å². The first-order valence-electron chi connectivity index (χ1n) is 8.69. The molecule has 0 amide bonds. The second kappa shape index (κ2) is 10.0. The van der Waals surface area contributed by atoms with Crippen molar-refractivity contribution >= 4 is 0 Å². The molecule has 20 heavy (non-hydrogen) atoms. The Hall–Kier alpha value is -0.780. The summed E-state index contributed by atoms with van der Waals surface area (Å²) in [6.07, 6.45) is 17.3. The molecule has 0 nitrogen and oxygen atoms in total. The van der Waals surface area contributed by atoms with Crippen molar-refractivity contribution in [3.8, 4) is 0 Å². The van der Waals surface area contributed by atoms with Crippen LogP contribution in [0.3, 0.4) is 0 Å². The van der Waals surface area contributed by atoms with Crippen molar-refractivity contribution in [3.05, 3.63) is 36.5 Å². The lowest BCUT2D eigenvalue weighted by atomic mass is 9.72. The van der Waals surface area contributed by atoms with Gasteiger partial charge in [0, 0.05) is 0 Å². The Bertz CT molecular complexity index is 321. The second-order valence-corrected chi connectivity index (χ2v) is 6.35. The van der Waals surface area contributed by atoms with Crippen molar-refractivity contribution in [2.24, 2.45) is 11.8 Å². The van der Waals surface area contributed by atoms with Crippen LogP contribution in [0.1, 0.15) is 78.1 Å². The van der Waals surface area contributed by atoms with Gasteiger partial charge in [0.15, 0.2) is 0 Å². The van der Waals surface area contributed by atoms with Gasteiger partial charge in [0.25, 0.3) is 0 Å². The van der Waals surface area contributed by atoms with Gasteiger partial charge in [-0.15, -0.1) is 13.2 Å². The summed E-state index contributed by atoms with van der Waals surface area (Å²) in [7, 11) is 0. The zero-order valence-corrected chi connectivity index (χ0v) is 13.8. The molecule has 0 N–H and O–H groups in total.